The number of anilines is 1. The van der Waals surface area contributed by atoms with Gasteiger partial charge in [0.2, 0.25) is 0 Å². The lowest BCUT2D eigenvalue weighted by molar-refractivity contribution is 0.0550. The summed E-state index contributed by atoms with van der Waals surface area (Å²) < 4.78 is 5.36. The van der Waals surface area contributed by atoms with E-state index in [1.807, 2.05) is 6.20 Å². The van der Waals surface area contributed by atoms with Crippen LogP contribution in [0.2, 0.25) is 0 Å². The van der Waals surface area contributed by atoms with Crippen LogP contribution in [0.5, 0.6) is 0 Å². The molecule has 0 aliphatic carbocycles. The van der Waals surface area contributed by atoms with Crippen molar-refractivity contribution in [3.05, 3.63) is 11.1 Å². The van der Waals surface area contributed by atoms with Gasteiger partial charge in [-0.15, -0.1) is 11.3 Å². The Morgan fingerprint density at radius 1 is 1.56 bits per heavy atom. The minimum Gasteiger partial charge on any atom is -0.381 e. The largest absolute Gasteiger partial charge is 0.381 e. The van der Waals surface area contributed by atoms with Crippen molar-refractivity contribution < 1.29 is 4.74 Å². The zero-order valence-electron chi connectivity index (χ0n) is 9.69. The first-order chi connectivity index (χ1) is 7.74. The van der Waals surface area contributed by atoms with Crippen molar-refractivity contribution in [1.29, 1.82) is 0 Å². The third-order valence-electron chi connectivity index (χ3n) is 2.91. The van der Waals surface area contributed by atoms with E-state index in [1.165, 1.54) is 17.7 Å². The number of nitrogen functional groups attached to an aromatic ring is 1. The molecule has 0 aromatic carbocycles. The van der Waals surface area contributed by atoms with Crippen LogP contribution in [0, 0.1) is 5.92 Å². The molecule has 2 rings (SSSR count). The van der Waals surface area contributed by atoms with Gasteiger partial charge in [0.1, 0.15) is 0 Å². The van der Waals surface area contributed by atoms with E-state index in [1.54, 1.807) is 11.3 Å². The Hall–Kier alpha value is -0.650. The van der Waals surface area contributed by atoms with Gasteiger partial charge in [0, 0.05) is 37.4 Å². The van der Waals surface area contributed by atoms with Crippen LogP contribution in [0.15, 0.2) is 6.20 Å². The van der Waals surface area contributed by atoms with E-state index in [2.05, 4.69) is 16.9 Å². The lowest BCUT2D eigenvalue weighted by atomic mass is 10.00. The predicted molar refractivity (Wildman–Crippen MR) is 66.4 cm³/mol. The molecule has 0 saturated carbocycles. The van der Waals surface area contributed by atoms with Gasteiger partial charge in [-0.25, -0.2) is 4.98 Å². The van der Waals surface area contributed by atoms with Gasteiger partial charge in [-0.1, -0.05) is 0 Å². The van der Waals surface area contributed by atoms with Crippen molar-refractivity contribution in [2.24, 2.45) is 5.92 Å². The SMILES string of the molecule is CN(Cc1cnc(N)s1)CC1CCOCC1. The maximum absolute atomic E-state index is 5.61. The van der Waals surface area contributed by atoms with Crippen molar-refractivity contribution >= 4 is 16.5 Å². The van der Waals surface area contributed by atoms with E-state index in [-0.39, 0.29) is 0 Å². The normalized spacial score (nSPS) is 18.1. The Kier molecular flexibility index (Phi) is 4.15. The Bertz CT molecular complexity index is 323. The molecule has 1 aromatic rings. The van der Waals surface area contributed by atoms with Crippen molar-refractivity contribution in [2.45, 2.75) is 19.4 Å². The summed E-state index contributed by atoms with van der Waals surface area (Å²) in [5, 5.41) is 0.662. The van der Waals surface area contributed by atoms with Crippen LogP contribution in [-0.2, 0) is 11.3 Å². The maximum Gasteiger partial charge on any atom is 0.180 e. The molecule has 1 aliphatic heterocycles. The average Bonchev–Trinajstić information content (AvgIpc) is 2.65. The van der Waals surface area contributed by atoms with Gasteiger partial charge >= 0.3 is 0 Å². The first kappa shape index (κ1) is 11.8. The molecule has 16 heavy (non-hydrogen) atoms. The highest BCUT2D eigenvalue weighted by Gasteiger charge is 2.16. The van der Waals surface area contributed by atoms with E-state index in [4.69, 9.17) is 10.5 Å². The summed E-state index contributed by atoms with van der Waals surface area (Å²) in [6, 6.07) is 0. The Morgan fingerprint density at radius 3 is 2.94 bits per heavy atom. The van der Waals surface area contributed by atoms with Crippen molar-refractivity contribution in [2.75, 3.05) is 32.5 Å². The predicted octanol–water partition coefficient (Wildman–Crippen LogP) is 1.58. The summed E-state index contributed by atoms with van der Waals surface area (Å²) in [5.74, 6) is 0.781. The highest BCUT2D eigenvalue weighted by atomic mass is 32.1. The summed E-state index contributed by atoms with van der Waals surface area (Å²) in [6.45, 7) is 3.94. The molecular formula is C11H19N3OS. The Morgan fingerprint density at radius 2 is 2.31 bits per heavy atom. The van der Waals surface area contributed by atoms with Gasteiger partial charge in [0.15, 0.2) is 5.13 Å². The fourth-order valence-corrected chi connectivity index (χ4v) is 2.86. The lowest BCUT2D eigenvalue weighted by Crippen LogP contribution is -2.29. The molecule has 90 valence electrons. The summed E-state index contributed by atoms with van der Waals surface area (Å²) >= 11 is 1.58. The molecular weight excluding hydrogens is 222 g/mol. The quantitative estimate of drug-likeness (QED) is 0.869. The highest BCUT2D eigenvalue weighted by Crippen LogP contribution is 2.19. The molecule has 5 heteroatoms. The van der Waals surface area contributed by atoms with Gasteiger partial charge in [0.05, 0.1) is 0 Å². The van der Waals surface area contributed by atoms with Crippen molar-refractivity contribution in [1.82, 2.24) is 9.88 Å². The zero-order valence-corrected chi connectivity index (χ0v) is 10.5. The summed E-state index contributed by atoms with van der Waals surface area (Å²) in [5.41, 5.74) is 5.61. The van der Waals surface area contributed by atoms with Crippen LogP contribution in [0.3, 0.4) is 0 Å². The molecule has 2 heterocycles. The number of hydrogen-bond acceptors (Lipinski definition) is 5. The summed E-state index contributed by atoms with van der Waals surface area (Å²) in [7, 11) is 2.16. The van der Waals surface area contributed by atoms with Gasteiger partial charge in [-0.3, -0.25) is 0 Å². The van der Waals surface area contributed by atoms with Crippen LogP contribution in [0.25, 0.3) is 0 Å². The first-order valence-electron chi connectivity index (χ1n) is 5.70. The molecule has 0 spiro atoms. The number of ether oxygens (including phenoxy) is 1. The van der Waals surface area contributed by atoms with Crippen LogP contribution >= 0.6 is 11.3 Å². The fourth-order valence-electron chi connectivity index (χ4n) is 2.10. The molecule has 2 N–H and O–H groups in total. The van der Waals surface area contributed by atoms with Crippen LogP contribution < -0.4 is 5.73 Å². The van der Waals surface area contributed by atoms with E-state index >= 15 is 0 Å². The Labute approximate surface area is 100 Å². The second kappa shape index (κ2) is 5.61. The molecule has 0 radical (unpaired) electrons. The first-order valence-corrected chi connectivity index (χ1v) is 6.52. The molecule has 1 aromatic heterocycles. The fraction of sp³-hybridized carbons (Fsp3) is 0.727. The summed E-state index contributed by atoms with van der Waals surface area (Å²) in [6.07, 6.45) is 4.25. The van der Waals surface area contributed by atoms with E-state index in [9.17, 15) is 0 Å². The molecule has 0 amide bonds. The smallest absolute Gasteiger partial charge is 0.180 e. The number of rotatable bonds is 4. The second-order valence-corrected chi connectivity index (χ2v) is 5.56. The van der Waals surface area contributed by atoms with E-state index < -0.39 is 0 Å². The number of thiazole rings is 1. The molecule has 0 bridgehead atoms. The van der Waals surface area contributed by atoms with Gasteiger partial charge in [0.25, 0.3) is 0 Å². The number of nitrogens with zero attached hydrogens (tertiary/aromatic N) is 2. The highest BCUT2D eigenvalue weighted by molar-refractivity contribution is 7.15. The van der Waals surface area contributed by atoms with Gasteiger partial charge < -0.3 is 15.4 Å². The topological polar surface area (TPSA) is 51.4 Å². The number of hydrogen-bond donors (Lipinski definition) is 1. The van der Waals surface area contributed by atoms with E-state index in [0.29, 0.717) is 5.13 Å². The van der Waals surface area contributed by atoms with Crippen LogP contribution in [-0.4, -0.2) is 36.7 Å². The van der Waals surface area contributed by atoms with Gasteiger partial charge in [-0.05, 0) is 25.8 Å². The van der Waals surface area contributed by atoms with Crippen LogP contribution in [0.1, 0.15) is 17.7 Å². The van der Waals surface area contributed by atoms with E-state index in [0.717, 1.165) is 32.2 Å². The molecule has 0 unspecified atom stereocenters. The van der Waals surface area contributed by atoms with Crippen molar-refractivity contribution in [3.63, 3.8) is 0 Å². The minimum atomic E-state index is 0.662. The zero-order chi connectivity index (χ0) is 11.4. The summed E-state index contributed by atoms with van der Waals surface area (Å²) in [4.78, 5) is 7.66. The van der Waals surface area contributed by atoms with Crippen molar-refractivity contribution in [3.8, 4) is 0 Å². The monoisotopic (exact) mass is 241 g/mol. The molecule has 0 atom stereocenters. The third-order valence-corrected chi connectivity index (χ3v) is 3.72. The molecule has 1 saturated heterocycles. The Balaban J connectivity index is 1.77. The molecule has 1 aliphatic rings. The average molecular weight is 241 g/mol. The second-order valence-electron chi connectivity index (χ2n) is 4.42. The van der Waals surface area contributed by atoms with Crippen LogP contribution in [0.4, 0.5) is 5.13 Å². The molecule has 1 fully saturated rings. The lowest BCUT2D eigenvalue weighted by Gasteiger charge is -2.26. The number of nitrogens with two attached hydrogens (primary N) is 1. The number of aromatic nitrogens is 1. The maximum atomic E-state index is 5.61. The standard InChI is InChI=1S/C11H19N3OS/c1-14(7-9-2-4-15-5-3-9)8-10-6-13-11(12)16-10/h6,9H,2-5,7-8H2,1H3,(H2,12,13). The molecule has 4 nitrogen and oxygen atoms in total. The van der Waals surface area contributed by atoms with Gasteiger partial charge in [-0.2, -0.15) is 0 Å². The minimum absolute atomic E-state index is 0.662. The third kappa shape index (κ3) is 3.43.